The SMILES string of the molecule is COC(=O)C(C)N(C)c1c(C)ccc(C(C)=S)c1C. The number of carbonyl (C=O) groups excluding carboxylic acids is 1. The Hall–Kier alpha value is -1.42. The Labute approximate surface area is 120 Å². The monoisotopic (exact) mass is 279 g/mol. The summed E-state index contributed by atoms with van der Waals surface area (Å²) >= 11 is 5.27. The Bertz CT molecular complexity index is 511. The fourth-order valence-electron chi connectivity index (χ4n) is 2.28. The quantitative estimate of drug-likeness (QED) is 0.481. The van der Waals surface area contributed by atoms with E-state index in [9.17, 15) is 4.79 Å². The topological polar surface area (TPSA) is 29.5 Å². The Morgan fingerprint density at radius 1 is 1.37 bits per heavy atom. The standard InChI is InChI=1S/C15H21NO2S/c1-9-7-8-13(12(4)19)10(2)14(9)16(5)11(3)15(17)18-6/h7-8,11H,1-6H3. The highest BCUT2D eigenvalue weighted by atomic mass is 32.1. The van der Waals surface area contributed by atoms with E-state index in [4.69, 9.17) is 17.0 Å². The molecule has 104 valence electrons. The maximum Gasteiger partial charge on any atom is 0.328 e. The molecule has 0 radical (unpaired) electrons. The van der Waals surface area contributed by atoms with Gasteiger partial charge in [-0.25, -0.2) is 4.79 Å². The number of aryl methyl sites for hydroxylation is 1. The molecule has 1 unspecified atom stereocenters. The van der Waals surface area contributed by atoms with E-state index in [-0.39, 0.29) is 12.0 Å². The summed E-state index contributed by atoms with van der Waals surface area (Å²) in [4.78, 5) is 14.5. The summed E-state index contributed by atoms with van der Waals surface area (Å²) in [5.74, 6) is -0.245. The molecule has 0 amide bonds. The first kappa shape index (κ1) is 15.6. The van der Waals surface area contributed by atoms with Gasteiger partial charge in [-0.1, -0.05) is 24.4 Å². The van der Waals surface area contributed by atoms with Crippen LogP contribution >= 0.6 is 12.2 Å². The Morgan fingerprint density at radius 3 is 2.42 bits per heavy atom. The molecule has 0 spiro atoms. The van der Waals surface area contributed by atoms with E-state index in [1.807, 2.05) is 51.8 Å². The Balaban J connectivity index is 3.30. The summed E-state index contributed by atoms with van der Waals surface area (Å²) in [6.45, 7) is 7.82. The van der Waals surface area contributed by atoms with E-state index in [0.29, 0.717) is 0 Å². The van der Waals surface area contributed by atoms with E-state index in [0.717, 1.165) is 27.2 Å². The van der Waals surface area contributed by atoms with Crippen molar-refractivity contribution in [3.05, 3.63) is 28.8 Å². The predicted octanol–water partition coefficient (Wildman–Crippen LogP) is 3.04. The molecular weight excluding hydrogens is 258 g/mol. The van der Waals surface area contributed by atoms with E-state index in [1.165, 1.54) is 7.11 Å². The smallest absolute Gasteiger partial charge is 0.328 e. The molecule has 0 N–H and O–H groups in total. The number of anilines is 1. The van der Waals surface area contributed by atoms with Crippen molar-refractivity contribution < 1.29 is 9.53 Å². The zero-order valence-electron chi connectivity index (χ0n) is 12.4. The molecule has 4 heteroatoms. The number of thiocarbonyl (C=S) groups is 1. The minimum Gasteiger partial charge on any atom is -0.467 e. The largest absolute Gasteiger partial charge is 0.467 e. The van der Waals surface area contributed by atoms with Crippen LogP contribution in [0.2, 0.25) is 0 Å². The van der Waals surface area contributed by atoms with Crippen molar-refractivity contribution in [2.75, 3.05) is 19.1 Å². The van der Waals surface area contributed by atoms with Crippen molar-refractivity contribution in [1.29, 1.82) is 0 Å². The van der Waals surface area contributed by atoms with Gasteiger partial charge in [0.1, 0.15) is 6.04 Å². The van der Waals surface area contributed by atoms with Gasteiger partial charge in [0, 0.05) is 17.6 Å². The highest BCUT2D eigenvalue weighted by molar-refractivity contribution is 7.80. The van der Waals surface area contributed by atoms with E-state index in [1.54, 1.807) is 0 Å². The average molecular weight is 279 g/mol. The molecule has 0 heterocycles. The molecule has 0 fully saturated rings. The number of esters is 1. The van der Waals surface area contributed by atoms with E-state index >= 15 is 0 Å². The minimum absolute atomic E-state index is 0.245. The molecule has 0 aliphatic carbocycles. The van der Waals surface area contributed by atoms with E-state index in [2.05, 4.69) is 0 Å². The number of methoxy groups -OCH3 is 1. The molecule has 0 saturated carbocycles. The zero-order valence-corrected chi connectivity index (χ0v) is 13.2. The molecule has 0 bridgehead atoms. The number of ether oxygens (including phenoxy) is 1. The van der Waals surface area contributed by atoms with Crippen LogP contribution in [0.3, 0.4) is 0 Å². The summed E-state index contributed by atoms with van der Waals surface area (Å²) in [6, 6.07) is 3.74. The lowest BCUT2D eigenvalue weighted by Gasteiger charge is -2.29. The number of benzene rings is 1. The molecule has 0 aliphatic heterocycles. The van der Waals surface area contributed by atoms with Crippen LogP contribution in [0.4, 0.5) is 5.69 Å². The van der Waals surface area contributed by atoms with Crippen LogP contribution in [-0.4, -0.2) is 31.0 Å². The molecule has 1 aromatic carbocycles. The number of hydrogen-bond acceptors (Lipinski definition) is 4. The number of rotatable bonds is 4. The van der Waals surface area contributed by atoms with Gasteiger partial charge in [-0.2, -0.15) is 0 Å². The van der Waals surface area contributed by atoms with Crippen molar-refractivity contribution in [3.8, 4) is 0 Å². The van der Waals surface area contributed by atoms with Crippen LogP contribution in [0.15, 0.2) is 12.1 Å². The molecule has 1 aromatic rings. The van der Waals surface area contributed by atoms with Crippen LogP contribution in [0.1, 0.15) is 30.5 Å². The van der Waals surface area contributed by atoms with Gasteiger partial charge in [0.25, 0.3) is 0 Å². The number of likely N-dealkylation sites (N-methyl/N-ethyl adjacent to an activating group) is 1. The Morgan fingerprint density at radius 2 is 1.95 bits per heavy atom. The summed E-state index contributed by atoms with van der Waals surface area (Å²) in [7, 11) is 3.31. The highest BCUT2D eigenvalue weighted by Gasteiger charge is 2.22. The van der Waals surface area contributed by atoms with Crippen LogP contribution in [0, 0.1) is 13.8 Å². The lowest BCUT2D eigenvalue weighted by atomic mass is 9.99. The molecule has 3 nitrogen and oxygen atoms in total. The van der Waals surface area contributed by atoms with E-state index < -0.39 is 0 Å². The fourth-order valence-corrected chi connectivity index (χ4v) is 2.50. The van der Waals surface area contributed by atoms with Gasteiger partial charge >= 0.3 is 5.97 Å². The lowest BCUT2D eigenvalue weighted by Crippen LogP contribution is -2.37. The van der Waals surface area contributed by atoms with Gasteiger partial charge < -0.3 is 9.64 Å². The summed E-state index contributed by atoms with van der Waals surface area (Å²) in [6.07, 6.45) is 0. The maximum atomic E-state index is 11.7. The molecule has 0 saturated heterocycles. The van der Waals surface area contributed by atoms with Crippen molar-refractivity contribution >= 4 is 28.7 Å². The van der Waals surface area contributed by atoms with Crippen molar-refractivity contribution in [2.24, 2.45) is 0 Å². The molecule has 19 heavy (non-hydrogen) atoms. The maximum absolute atomic E-state index is 11.7. The second-order valence-corrected chi connectivity index (χ2v) is 5.38. The lowest BCUT2D eigenvalue weighted by molar-refractivity contribution is -0.141. The first-order valence-electron chi connectivity index (χ1n) is 6.23. The van der Waals surface area contributed by atoms with Gasteiger partial charge in [0.05, 0.1) is 7.11 Å². The van der Waals surface area contributed by atoms with Crippen LogP contribution in [0.5, 0.6) is 0 Å². The van der Waals surface area contributed by atoms with Gasteiger partial charge in [-0.15, -0.1) is 0 Å². The summed E-state index contributed by atoms with van der Waals surface area (Å²) in [5.41, 5.74) is 4.32. The minimum atomic E-state index is -0.330. The van der Waals surface area contributed by atoms with Crippen LogP contribution in [0.25, 0.3) is 0 Å². The second-order valence-electron chi connectivity index (χ2n) is 4.77. The molecule has 0 aromatic heterocycles. The predicted molar refractivity (Wildman–Crippen MR) is 83.2 cm³/mol. The number of nitrogens with zero attached hydrogens (tertiary/aromatic N) is 1. The van der Waals surface area contributed by atoms with Gasteiger partial charge in [0.15, 0.2) is 0 Å². The molecule has 0 aliphatic rings. The zero-order chi connectivity index (χ0) is 14.7. The first-order valence-corrected chi connectivity index (χ1v) is 6.63. The average Bonchev–Trinajstić information content (AvgIpc) is 2.36. The number of carbonyl (C=O) groups is 1. The van der Waals surface area contributed by atoms with Crippen LogP contribution < -0.4 is 4.90 Å². The number of hydrogen-bond donors (Lipinski definition) is 0. The molecular formula is C15H21NO2S. The normalized spacial score (nSPS) is 11.9. The van der Waals surface area contributed by atoms with Crippen LogP contribution in [-0.2, 0) is 9.53 Å². The third kappa shape index (κ3) is 3.13. The third-order valence-corrected chi connectivity index (χ3v) is 3.71. The molecule has 1 atom stereocenters. The van der Waals surface area contributed by atoms with Gasteiger partial charge in [-0.05, 0) is 44.4 Å². The molecule has 1 rings (SSSR count). The Kier molecular flexibility index (Phi) is 5.06. The van der Waals surface area contributed by atoms with Crippen molar-refractivity contribution in [1.82, 2.24) is 0 Å². The fraction of sp³-hybridized carbons (Fsp3) is 0.467. The third-order valence-electron chi connectivity index (χ3n) is 3.49. The van der Waals surface area contributed by atoms with Crippen molar-refractivity contribution in [3.63, 3.8) is 0 Å². The van der Waals surface area contributed by atoms with Gasteiger partial charge in [0.2, 0.25) is 0 Å². The second kappa shape index (κ2) is 6.15. The summed E-state index contributed by atoms with van der Waals surface area (Å²) in [5, 5.41) is 0. The first-order chi connectivity index (χ1) is 8.81. The summed E-state index contributed by atoms with van der Waals surface area (Å²) < 4.78 is 4.81. The van der Waals surface area contributed by atoms with Crippen molar-refractivity contribution in [2.45, 2.75) is 33.7 Å². The van der Waals surface area contributed by atoms with Gasteiger partial charge in [-0.3, -0.25) is 0 Å². The highest BCUT2D eigenvalue weighted by Crippen LogP contribution is 2.28.